The molecule has 0 fully saturated rings. The smallest absolute Gasteiger partial charge is 0.0843 e. The lowest BCUT2D eigenvalue weighted by Gasteiger charge is -2.23. The second kappa shape index (κ2) is 6.53. The quantitative estimate of drug-likeness (QED) is 0.701. The van der Waals surface area contributed by atoms with Crippen molar-refractivity contribution in [2.75, 3.05) is 13.1 Å². The van der Waals surface area contributed by atoms with Gasteiger partial charge >= 0.3 is 0 Å². The van der Waals surface area contributed by atoms with E-state index in [2.05, 4.69) is 64.0 Å². The Hall–Kier alpha value is 0.620. The molecule has 0 amide bonds. The van der Waals surface area contributed by atoms with Gasteiger partial charge in [-0.3, -0.25) is 0 Å². The molecule has 1 heterocycles. The Kier molecular flexibility index (Phi) is 5.99. The summed E-state index contributed by atoms with van der Waals surface area (Å²) >= 11 is 8.93. The number of hydrogen-bond donors (Lipinski definition) is 1. The van der Waals surface area contributed by atoms with Crippen LogP contribution in [0, 0.1) is 0 Å². The predicted octanol–water partition coefficient (Wildman–Crippen LogP) is 4.94. The first-order valence-electron chi connectivity index (χ1n) is 5.63. The fourth-order valence-electron chi connectivity index (χ4n) is 1.51. The van der Waals surface area contributed by atoms with Gasteiger partial charge in [-0.25, -0.2) is 0 Å². The summed E-state index contributed by atoms with van der Waals surface area (Å²) in [6, 6.07) is 2.23. The van der Waals surface area contributed by atoms with Crippen molar-refractivity contribution in [2.24, 2.45) is 0 Å². The second-order valence-corrected chi connectivity index (χ2v) is 7.84. The third kappa shape index (κ3) is 4.13. The summed E-state index contributed by atoms with van der Waals surface area (Å²) in [6.45, 7) is 9.03. The molecule has 0 saturated carbocycles. The third-order valence-corrected chi connectivity index (χ3v) is 6.29. The van der Waals surface area contributed by atoms with E-state index in [0.717, 1.165) is 13.1 Å². The molecule has 0 spiro atoms. The summed E-state index contributed by atoms with van der Waals surface area (Å²) in [5.74, 6) is 0. The maximum atomic E-state index is 3.56. The second-order valence-electron chi connectivity index (χ2n) is 4.62. The maximum Gasteiger partial charge on any atom is 0.0843 e. The standard InChI is InChI=1S/C12H19Br2NS/c1-4-6-15-7-5-12(2,3)10-8-9(13)11(14)16-10/h8,15H,4-7H2,1-3H3. The van der Waals surface area contributed by atoms with Crippen LogP contribution in [0.1, 0.15) is 38.5 Å². The van der Waals surface area contributed by atoms with Crippen LogP contribution < -0.4 is 5.32 Å². The van der Waals surface area contributed by atoms with Crippen molar-refractivity contribution < 1.29 is 0 Å². The lowest BCUT2D eigenvalue weighted by molar-refractivity contribution is 0.465. The van der Waals surface area contributed by atoms with Crippen LogP contribution in [0.15, 0.2) is 14.3 Å². The molecule has 0 atom stereocenters. The molecule has 0 radical (unpaired) electrons. The van der Waals surface area contributed by atoms with Gasteiger partial charge in [0.2, 0.25) is 0 Å². The van der Waals surface area contributed by atoms with Gasteiger partial charge < -0.3 is 5.32 Å². The summed E-state index contributed by atoms with van der Waals surface area (Å²) in [7, 11) is 0. The van der Waals surface area contributed by atoms with Crippen LogP contribution in [0.3, 0.4) is 0 Å². The van der Waals surface area contributed by atoms with Crippen molar-refractivity contribution in [3.05, 3.63) is 19.2 Å². The minimum Gasteiger partial charge on any atom is -0.317 e. The summed E-state index contributed by atoms with van der Waals surface area (Å²) < 4.78 is 2.36. The fourth-order valence-corrected chi connectivity index (χ4v) is 3.67. The normalized spacial score (nSPS) is 12.1. The van der Waals surface area contributed by atoms with Crippen molar-refractivity contribution in [1.29, 1.82) is 0 Å². The molecule has 1 nitrogen and oxygen atoms in total. The minimum absolute atomic E-state index is 0.250. The highest BCUT2D eigenvalue weighted by molar-refractivity contribution is 9.13. The molecule has 0 aliphatic heterocycles. The predicted molar refractivity (Wildman–Crippen MR) is 80.5 cm³/mol. The van der Waals surface area contributed by atoms with Gasteiger partial charge in [0.25, 0.3) is 0 Å². The third-order valence-electron chi connectivity index (χ3n) is 2.67. The number of thiophene rings is 1. The lowest BCUT2D eigenvalue weighted by Crippen LogP contribution is -2.25. The first kappa shape index (κ1) is 14.7. The van der Waals surface area contributed by atoms with Crippen LogP contribution in [-0.4, -0.2) is 13.1 Å². The maximum absolute atomic E-state index is 3.56. The molecule has 0 unspecified atom stereocenters. The fraction of sp³-hybridized carbons (Fsp3) is 0.667. The summed E-state index contributed by atoms with van der Waals surface area (Å²) in [5, 5.41) is 3.46. The van der Waals surface area contributed by atoms with Crippen molar-refractivity contribution in [2.45, 2.75) is 39.0 Å². The van der Waals surface area contributed by atoms with E-state index in [1.165, 1.54) is 26.0 Å². The molecule has 4 heteroatoms. The highest BCUT2D eigenvalue weighted by Crippen LogP contribution is 2.39. The average molecular weight is 369 g/mol. The first-order chi connectivity index (χ1) is 7.47. The van der Waals surface area contributed by atoms with Gasteiger partial charge in [-0.15, -0.1) is 11.3 Å². The van der Waals surface area contributed by atoms with E-state index in [1.807, 2.05) is 11.3 Å². The van der Waals surface area contributed by atoms with Crippen LogP contribution in [-0.2, 0) is 5.41 Å². The zero-order valence-corrected chi connectivity index (χ0v) is 14.1. The van der Waals surface area contributed by atoms with E-state index < -0.39 is 0 Å². The molecular weight excluding hydrogens is 350 g/mol. The summed E-state index contributed by atoms with van der Waals surface area (Å²) in [6.07, 6.45) is 2.38. The van der Waals surface area contributed by atoms with Crippen LogP contribution in [0.2, 0.25) is 0 Å². The molecule has 1 N–H and O–H groups in total. The largest absolute Gasteiger partial charge is 0.317 e. The SMILES string of the molecule is CCCNCCC(C)(C)c1cc(Br)c(Br)s1. The van der Waals surface area contributed by atoms with Gasteiger partial charge in [-0.1, -0.05) is 20.8 Å². The van der Waals surface area contributed by atoms with E-state index >= 15 is 0 Å². The van der Waals surface area contributed by atoms with E-state index in [1.54, 1.807) is 0 Å². The Bertz CT molecular complexity index is 314. The molecule has 0 bridgehead atoms. The van der Waals surface area contributed by atoms with E-state index in [0.29, 0.717) is 0 Å². The Morgan fingerprint density at radius 1 is 1.31 bits per heavy atom. The Morgan fingerprint density at radius 2 is 2.00 bits per heavy atom. The van der Waals surface area contributed by atoms with Crippen molar-refractivity contribution in [3.63, 3.8) is 0 Å². The highest BCUT2D eigenvalue weighted by Gasteiger charge is 2.23. The van der Waals surface area contributed by atoms with Crippen molar-refractivity contribution in [1.82, 2.24) is 5.32 Å². The van der Waals surface area contributed by atoms with Gasteiger partial charge in [0.1, 0.15) is 0 Å². The van der Waals surface area contributed by atoms with E-state index in [-0.39, 0.29) is 5.41 Å². The average Bonchev–Trinajstić information content (AvgIpc) is 2.55. The number of rotatable bonds is 6. The highest BCUT2D eigenvalue weighted by atomic mass is 79.9. The molecule has 1 aromatic heterocycles. The molecular formula is C12H19Br2NS. The summed E-state index contributed by atoms with van der Waals surface area (Å²) in [5.41, 5.74) is 0.250. The zero-order valence-electron chi connectivity index (χ0n) is 10.1. The van der Waals surface area contributed by atoms with Gasteiger partial charge in [0, 0.05) is 14.8 Å². The van der Waals surface area contributed by atoms with E-state index in [4.69, 9.17) is 0 Å². The number of halogens is 2. The van der Waals surface area contributed by atoms with Gasteiger partial charge in [-0.2, -0.15) is 0 Å². The molecule has 92 valence electrons. The van der Waals surface area contributed by atoms with Crippen molar-refractivity contribution >= 4 is 43.2 Å². The molecule has 1 aromatic rings. The monoisotopic (exact) mass is 367 g/mol. The Labute approximate surface area is 119 Å². The Morgan fingerprint density at radius 3 is 2.50 bits per heavy atom. The molecule has 0 aliphatic rings. The molecule has 1 rings (SSSR count). The molecule has 0 aliphatic carbocycles. The zero-order chi connectivity index (χ0) is 12.2. The Balaban J connectivity index is 2.55. The minimum atomic E-state index is 0.250. The van der Waals surface area contributed by atoms with Crippen LogP contribution in [0.25, 0.3) is 0 Å². The number of nitrogens with one attached hydrogen (secondary N) is 1. The lowest BCUT2D eigenvalue weighted by atomic mass is 9.87. The van der Waals surface area contributed by atoms with Gasteiger partial charge in [0.15, 0.2) is 0 Å². The van der Waals surface area contributed by atoms with Crippen LogP contribution >= 0.6 is 43.2 Å². The van der Waals surface area contributed by atoms with Crippen LogP contribution in [0.4, 0.5) is 0 Å². The van der Waals surface area contributed by atoms with Gasteiger partial charge in [0.05, 0.1) is 3.79 Å². The molecule has 0 saturated heterocycles. The van der Waals surface area contributed by atoms with Crippen molar-refractivity contribution in [3.8, 4) is 0 Å². The molecule has 0 aromatic carbocycles. The topological polar surface area (TPSA) is 12.0 Å². The molecule has 16 heavy (non-hydrogen) atoms. The van der Waals surface area contributed by atoms with Crippen LogP contribution in [0.5, 0.6) is 0 Å². The van der Waals surface area contributed by atoms with Gasteiger partial charge in [-0.05, 0) is 63.9 Å². The van der Waals surface area contributed by atoms with E-state index in [9.17, 15) is 0 Å². The number of hydrogen-bond acceptors (Lipinski definition) is 2. The summed E-state index contributed by atoms with van der Waals surface area (Å²) in [4.78, 5) is 1.43. The first-order valence-corrected chi connectivity index (χ1v) is 8.03.